The fraction of sp³-hybridized carbons (Fsp3) is 0.286. The van der Waals surface area contributed by atoms with Crippen molar-refractivity contribution < 1.29 is 14.7 Å². The molecule has 1 aromatic rings. The number of aliphatic hydroxyl groups is 1. The Morgan fingerprint density at radius 2 is 1.90 bits per heavy atom. The van der Waals surface area contributed by atoms with Gasteiger partial charge in [-0.15, -0.1) is 0 Å². The highest BCUT2D eigenvalue weighted by molar-refractivity contribution is 6.17. The molecule has 2 amide bonds. The van der Waals surface area contributed by atoms with Gasteiger partial charge in [0.1, 0.15) is 0 Å². The van der Waals surface area contributed by atoms with Crippen LogP contribution in [0.1, 0.15) is 24.9 Å². The van der Waals surface area contributed by atoms with Crippen LogP contribution in [0, 0.1) is 0 Å². The molecule has 0 unspecified atom stereocenters. The Morgan fingerprint density at radius 3 is 2.33 bits per heavy atom. The van der Waals surface area contributed by atoms with Gasteiger partial charge in [0.2, 0.25) is 5.88 Å². The second-order valence-electron chi connectivity index (χ2n) is 4.48. The maximum Gasteiger partial charge on any atom is 0.276 e. The average Bonchev–Trinajstić information content (AvgIpc) is 2.48. The van der Waals surface area contributed by atoms with Crippen molar-refractivity contribution >= 4 is 11.8 Å². The molecule has 0 bridgehead atoms. The molecule has 0 aromatic heterocycles. The van der Waals surface area contributed by atoms with Crippen LogP contribution in [-0.2, 0) is 9.59 Å². The first-order chi connectivity index (χ1) is 9.93. The summed E-state index contributed by atoms with van der Waals surface area (Å²) in [5, 5.41) is 10.2. The summed E-state index contributed by atoms with van der Waals surface area (Å²) in [6, 6.07) is 9.19. The molecule has 114 valence electrons. The molecule has 0 heterocycles. The Hall–Kier alpha value is -2.54. The first-order valence-corrected chi connectivity index (χ1v) is 6.45. The van der Waals surface area contributed by atoms with Crippen molar-refractivity contribution in [2.24, 2.45) is 11.6 Å². The number of hydrazine groups is 1. The van der Waals surface area contributed by atoms with Crippen molar-refractivity contribution in [1.29, 1.82) is 0 Å². The molecule has 0 fully saturated rings. The number of nitrogens with one attached hydrogen (secondary N) is 1. The lowest BCUT2D eigenvalue weighted by Gasteiger charge is -2.29. The number of aliphatic hydroxyl groups excluding tert-OH is 1. The number of nitrogens with two attached hydrogens (primary N) is 2. The van der Waals surface area contributed by atoms with E-state index < -0.39 is 23.3 Å². The van der Waals surface area contributed by atoms with Crippen molar-refractivity contribution in [2.45, 2.75) is 19.4 Å². The molecule has 1 aromatic carbocycles. The maximum absolute atomic E-state index is 11.6. The van der Waals surface area contributed by atoms with Gasteiger partial charge in [-0.25, -0.2) is 5.84 Å². The minimum atomic E-state index is -1.05. The molecule has 0 spiro atoms. The van der Waals surface area contributed by atoms with Gasteiger partial charge in [0, 0.05) is 7.05 Å². The summed E-state index contributed by atoms with van der Waals surface area (Å²) < 4.78 is 0. The molecule has 0 saturated heterocycles. The van der Waals surface area contributed by atoms with E-state index in [4.69, 9.17) is 11.6 Å². The molecule has 21 heavy (non-hydrogen) atoms. The molecular weight excluding hydrogens is 272 g/mol. The Morgan fingerprint density at radius 1 is 1.33 bits per heavy atom. The van der Waals surface area contributed by atoms with Gasteiger partial charge in [0.15, 0.2) is 5.57 Å². The Balaban J connectivity index is 3.22. The van der Waals surface area contributed by atoms with Gasteiger partial charge in [-0.05, 0) is 12.0 Å². The van der Waals surface area contributed by atoms with Gasteiger partial charge in [-0.2, -0.15) is 0 Å². The summed E-state index contributed by atoms with van der Waals surface area (Å²) in [4.78, 5) is 24.3. The van der Waals surface area contributed by atoms with Crippen LogP contribution < -0.4 is 17.0 Å². The van der Waals surface area contributed by atoms with Gasteiger partial charge in [0.25, 0.3) is 11.8 Å². The van der Waals surface area contributed by atoms with E-state index in [1.165, 1.54) is 4.90 Å². The third-order valence-electron chi connectivity index (χ3n) is 3.20. The first-order valence-electron chi connectivity index (χ1n) is 6.45. The van der Waals surface area contributed by atoms with Crippen LogP contribution in [0.5, 0.6) is 0 Å². The quantitative estimate of drug-likeness (QED) is 0.114. The molecule has 0 aliphatic carbocycles. The van der Waals surface area contributed by atoms with E-state index in [1.54, 1.807) is 12.5 Å². The number of carbonyl (C=O) groups excluding carboxylic acids is 2. The molecule has 0 aliphatic heterocycles. The third-order valence-corrected chi connectivity index (χ3v) is 3.20. The standard InChI is InChI=1S/C14H20N4O3/c1-3-10(9-7-5-4-6-8-9)18(2)14(21)11(12(15)19)13(20)17-16/h4-8,10,21H,3,16H2,1-2H3,(H2,15,19)(H,17,20)/t10-/m0/s1. The van der Waals surface area contributed by atoms with Crippen molar-refractivity contribution in [3.05, 3.63) is 47.4 Å². The van der Waals surface area contributed by atoms with Gasteiger partial charge in [-0.3, -0.25) is 15.0 Å². The number of hydrogen-bond acceptors (Lipinski definition) is 5. The predicted molar refractivity (Wildman–Crippen MR) is 78.4 cm³/mol. The number of benzene rings is 1. The molecule has 6 N–H and O–H groups in total. The zero-order valence-electron chi connectivity index (χ0n) is 12.0. The van der Waals surface area contributed by atoms with Crippen LogP contribution in [-0.4, -0.2) is 28.9 Å². The largest absolute Gasteiger partial charge is 0.494 e. The number of rotatable bonds is 6. The minimum Gasteiger partial charge on any atom is -0.494 e. The fourth-order valence-corrected chi connectivity index (χ4v) is 2.13. The number of amides is 2. The fourth-order valence-electron chi connectivity index (χ4n) is 2.13. The monoisotopic (exact) mass is 292 g/mol. The van der Waals surface area contributed by atoms with Crippen LogP contribution in [0.3, 0.4) is 0 Å². The van der Waals surface area contributed by atoms with Gasteiger partial charge in [0.05, 0.1) is 6.04 Å². The highest BCUT2D eigenvalue weighted by Gasteiger charge is 2.26. The van der Waals surface area contributed by atoms with Crippen LogP contribution in [0.4, 0.5) is 0 Å². The first kappa shape index (κ1) is 16.5. The summed E-state index contributed by atoms with van der Waals surface area (Å²) >= 11 is 0. The topological polar surface area (TPSA) is 122 Å². The lowest BCUT2D eigenvalue weighted by Crippen LogP contribution is -2.39. The second kappa shape index (κ2) is 7.30. The second-order valence-corrected chi connectivity index (χ2v) is 4.48. The molecule has 0 aliphatic rings. The summed E-state index contributed by atoms with van der Waals surface area (Å²) in [6.45, 7) is 1.92. The average molecular weight is 292 g/mol. The molecule has 0 saturated carbocycles. The molecule has 1 rings (SSSR count). The van der Waals surface area contributed by atoms with Gasteiger partial charge in [-0.1, -0.05) is 37.3 Å². The smallest absolute Gasteiger partial charge is 0.276 e. The van der Waals surface area contributed by atoms with Crippen LogP contribution in [0.2, 0.25) is 0 Å². The van der Waals surface area contributed by atoms with Crippen LogP contribution in [0.15, 0.2) is 41.8 Å². The van der Waals surface area contributed by atoms with Crippen molar-refractivity contribution in [1.82, 2.24) is 10.3 Å². The van der Waals surface area contributed by atoms with Crippen molar-refractivity contribution in [3.63, 3.8) is 0 Å². The SMILES string of the molecule is CC[C@@H](c1ccccc1)N(C)C(O)=C(C(N)=O)C(=O)NN. The lowest BCUT2D eigenvalue weighted by atomic mass is 10.0. The summed E-state index contributed by atoms with van der Waals surface area (Å²) in [7, 11) is 1.57. The van der Waals surface area contributed by atoms with E-state index in [1.807, 2.05) is 37.3 Å². The lowest BCUT2D eigenvalue weighted by molar-refractivity contribution is -0.122. The zero-order valence-corrected chi connectivity index (χ0v) is 12.0. The van der Waals surface area contributed by atoms with E-state index in [9.17, 15) is 14.7 Å². The normalized spacial score (nSPS) is 13.1. The molecule has 0 radical (unpaired) electrons. The number of primary amides is 1. The Kier molecular flexibility index (Phi) is 5.74. The molecule has 7 heteroatoms. The van der Waals surface area contributed by atoms with E-state index in [0.29, 0.717) is 6.42 Å². The van der Waals surface area contributed by atoms with Crippen molar-refractivity contribution in [2.75, 3.05) is 7.05 Å². The van der Waals surface area contributed by atoms with Gasteiger partial charge < -0.3 is 15.7 Å². The number of nitrogens with zero attached hydrogens (tertiary/aromatic N) is 1. The van der Waals surface area contributed by atoms with Crippen LogP contribution >= 0.6 is 0 Å². The summed E-state index contributed by atoms with van der Waals surface area (Å²) in [5.41, 5.74) is 7.29. The highest BCUT2D eigenvalue weighted by Crippen LogP contribution is 2.26. The number of carbonyl (C=O) groups is 2. The van der Waals surface area contributed by atoms with Crippen molar-refractivity contribution in [3.8, 4) is 0 Å². The zero-order chi connectivity index (χ0) is 16.0. The molecular formula is C14H20N4O3. The maximum atomic E-state index is 11.6. The van der Waals surface area contributed by atoms with E-state index in [2.05, 4.69) is 0 Å². The van der Waals surface area contributed by atoms with Crippen LogP contribution in [0.25, 0.3) is 0 Å². The van der Waals surface area contributed by atoms with E-state index in [-0.39, 0.29) is 6.04 Å². The van der Waals surface area contributed by atoms with E-state index in [0.717, 1.165) is 5.56 Å². The molecule has 7 nitrogen and oxygen atoms in total. The summed E-state index contributed by atoms with van der Waals surface area (Å²) in [5.74, 6) is 2.50. The minimum absolute atomic E-state index is 0.217. The summed E-state index contributed by atoms with van der Waals surface area (Å²) in [6.07, 6.45) is 0.654. The third kappa shape index (κ3) is 3.73. The predicted octanol–water partition coefficient (Wildman–Crippen LogP) is 0.314. The Labute approximate surface area is 123 Å². The van der Waals surface area contributed by atoms with Gasteiger partial charge >= 0.3 is 0 Å². The van der Waals surface area contributed by atoms with E-state index >= 15 is 0 Å². The number of hydrogen-bond donors (Lipinski definition) is 4. The Bertz CT molecular complexity index is 542. The highest BCUT2D eigenvalue weighted by atomic mass is 16.3. The molecule has 1 atom stereocenters.